The van der Waals surface area contributed by atoms with Crippen molar-refractivity contribution in [3.05, 3.63) is 11.7 Å². The molecule has 0 aliphatic carbocycles. The van der Waals surface area contributed by atoms with Crippen molar-refractivity contribution in [2.24, 2.45) is 5.73 Å². The Morgan fingerprint density at radius 1 is 1.37 bits per heavy atom. The van der Waals surface area contributed by atoms with Gasteiger partial charge in [0, 0.05) is 6.61 Å². The van der Waals surface area contributed by atoms with Crippen molar-refractivity contribution < 1.29 is 9.26 Å². The molecule has 0 saturated heterocycles. The van der Waals surface area contributed by atoms with Gasteiger partial charge in [-0.1, -0.05) is 19.0 Å². The zero-order valence-electron chi connectivity index (χ0n) is 12.3. The molecule has 5 nitrogen and oxygen atoms in total. The minimum absolute atomic E-state index is 0.193. The third-order valence-electron chi connectivity index (χ3n) is 3.36. The lowest BCUT2D eigenvalue weighted by Crippen LogP contribution is -2.30. The van der Waals surface area contributed by atoms with Crippen molar-refractivity contribution in [3.63, 3.8) is 0 Å². The van der Waals surface area contributed by atoms with Gasteiger partial charge in [0.2, 0.25) is 11.7 Å². The average Bonchev–Trinajstić information content (AvgIpc) is 2.92. The molecule has 0 amide bonds. The molecule has 1 heterocycles. The van der Waals surface area contributed by atoms with Gasteiger partial charge in [0.25, 0.3) is 0 Å². The predicted molar refractivity (Wildman–Crippen MR) is 78.1 cm³/mol. The monoisotopic (exact) mass is 287 g/mol. The van der Waals surface area contributed by atoms with Crippen molar-refractivity contribution >= 4 is 11.8 Å². The summed E-state index contributed by atoms with van der Waals surface area (Å²) in [7, 11) is 0. The molecular formula is C13H25N3O2S. The third kappa shape index (κ3) is 3.94. The molecular weight excluding hydrogens is 262 g/mol. The lowest BCUT2D eigenvalue weighted by atomic mass is 9.96. The number of nitrogens with two attached hydrogens (primary N) is 1. The lowest BCUT2D eigenvalue weighted by molar-refractivity contribution is -0.0583. The molecule has 0 spiro atoms. The quantitative estimate of drug-likeness (QED) is 0.752. The van der Waals surface area contributed by atoms with Gasteiger partial charge >= 0.3 is 0 Å². The number of aromatic nitrogens is 2. The number of thioether (sulfide) groups is 1. The normalized spacial score (nSPS) is 13.7. The first-order valence-electron chi connectivity index (χ1n) is 6.86. The van der Waals surface area contributed by atoms with E-state index in [1.165, 1.54) is 0 Å². The maximum Gasteiger partial charge on any atom is 0.243 e. The van der Waals surface area contributed by atoms with Crippen LogP contribution in [0.5, 0.6) is 0 Å². The Kier molecular flexibility index (Phi) is 6.82. The molecule has 0 bridgehead atoms. The first-order valence-corrected chi connectivity index (χ1v) is 8.25. The molecule has 1 rings (SSSR count). The Bertz CT molecular complexity index is 367. The molecule has 0 fully saturated rings. The van der Waals surface area contributed by atoms with Crippen LogP contribution < -0.4 is 5.73 Å². The minimum Gasteiger partial charge on any atom is -0.367 e. The molecule has 0 unspecified atom stereocenters. The van der Waals surface area contributed by atoms with Crippen LogP contribution in [0.3, 0.4) is 0 Å². The third-order valence-corrected chi connectivity index (χ3v) is 4.01. The summed E-state index contributed by atoms with van der Waals surface area (Å²) in [6, 6.07) is -0.193. The van der Waals surface area contributed by atoms with Gasteiger partial charge in [0.05, 0.1) is 6.04 Å². The smallest absolute Gasteiger partial charge is 0.243 e. The Labute approximate surface area is 119 Å². The maximum absolute atomic E-state index is 6.04. The van der Waals surface area contributed by atoms with Gasteiger partial charge in [-0.25, -0.2) is 0 Å². The molecule has 6 heteroatoms. The van der Waals surface area contributed by atoms with Crippen LogP contribution in [0.2, 0.25) is 0 Å². The van der Waals surface area contributed by atoms with Crippen LogP contribution >= 0.6 is 11.8 Å². The molecule has 0 aromatic carbocycles. The fourth-order valence-corrected chi connectivity index (χ4v) is 2.54. The number of hydrogen-bond donors (Lipinski definition) is 1. The standard InChI is InChI=1S/C13H25N3O2S/c1-5-13(6-2,17-7-3)12-15-11(18-16-12)10(14)8-9-19-4/h10H,5-9,14H2,1-4H3/t10-/m0/s1. The van der Waals surface area contributed by atoms with Crippen LogP contribution in [0.25, 0.3) is 0 Å². The van der Waals surface area contributed by atoms with Crippen molar-refractivity contribution in [1.29, 1.82) is 0 Å². The van der Waals surface area contributed by atoms with E-state index < -0.39 is 5.60 Å². The second-order valence-electron chi connectivity index (χ2n) is 4.48. The SMILES string of the molecule is CCOC(CC)(CC)c1noc([C@@H](N)CCSC)n1. The molecule has 1 aromatic heterocycles. The summed E-state index contributed by atoms with van der Waals surface area (Å²) < 4.78 is 11.2. The van der Waals surface area contributed by atoms with E-state index in [-0.39, 0.29) is 6.04 Å². The van der Waals surface area contributed by atoms with Crippen LogP contribution in [-0.4, -0.2) is 28.8 Å². The van der Waals surface area contributed by atoms with Crippen LogP contribution in [-0.2, 0) is 10.3 Å². The van der Waals surface area contributed by atoms with Crippen molar-refractivity contribution in [1.82, 2.24) is 10.1 Å². The van der Waals surface area contributed by atoms with Gasteiger partial charge in [0.1, 0.15) is 5.60 Å². The van der Waals surface area contributed by atoms with Gasteiger partial charge < -0.3 is 15.0 Å². The zero-order chi connectivity index (χ0) is 14.3. The van der Waals surface area contributed by atoms with E-state index in [1.54, 1.807) is 11.8 Å². The molecule has 0 aliphatic heterocycles. The van der Waals surface area contributed by atoms with Gasteiger partial charge in [-0.05, 0) is 38.2 Å². The first-order chi connectivity index (χ1) is 9.13. The van der Waals surface area contributed by atoms with Gasteiger partial charge in [0.15, 0.2) is 0 Å². The van der Waals surface area contributed by atoms with Crippen LogP contribution in [0.1, 0.15) is 57.8 Å². The van der Waals surface area contributed by atoms with Gasteiger partial charge in [-0.2, -0.15) is 16.7 Å². The van der Waals surface area contributed by atoms with Crippen LogP contribution in [0, 0.1) is 0 Å². The van der Waals surface area contributed by atoms with E-state index >= 15 is 0 Å². The number of hydrogen-bond acceptors (Lipinski definition) is 6. The summed E-state index contributed by atoms with van der Waals surface area (Å²) in [5, 5.41) is 4.08. The van der Waals surface area contributed by atoms with E-state index in [2.05, 4.69) is 30.2 Å². The highest BCUT2D eigenvalue weighted by Crippen LogP contribution is 2.31. The van der Waals surface area contributed by atoms with E-state index in [9.17, 15) is 0 Å². The summed E-state index contributed by atoms with van der Waals surface area (Å²) in [5.74, 6) is 2.11. The molecule has 2 N–H and O–H groups in total. The summed E-state index contributed by atoms with van der Waals surface area (Å²) in [6.45, 7) is 6.75. The lowest BCUT2D eigenvalue weighted by Gasteiger charge is -2.27. The highest BCUT2D eigenvalue weighted by Gasteiger charge is 2.35. The minimum atomic E-state index is -0.449. The van der Waals surface area contributed by atoms with E-state index in [0.717, 1.165) is 25.0 Å². The highest BCUT2D eigenvalue weighted by molar-refractivity contribution is 7.98. The summed E-state index contributed by atoms with van der Waals surface area (Å²) in [4.78, 5) is 4.46. The fourth-order valence-electron chi connectivity index (χ4n) is 2.05. The van der Waals surface area contributed by atoms with Crippen molar-refractivity contribution in [2.45, 2.75) is 51.7 Å². The van der Waals surface area contributed by atoms with Gasteiger partial charge in [-0.15, -0.1) is 0 Å². The average molecular weight is 287 g/mol. The summed E-state index contributed by atoms with van der Waals surface area (Å²) >= 11 is 1.76. The summed E-state index contributed by atoms with van der Waals surface area (Å²) in [6.07, 6.45) is 4.52. The Morgan fingerprint density at radius 3 is 2.58 bits per heavy atom. The Balaban J connectivity index is 2.86. The maximum atomic E-state index is 6.04. The topological polar surface area (TPSA) is 74.2 Å². The number of rotatable bonds is 9. The van der Waals surface area contributed by atoms with Crippen molar-refractivity contribution in [2.75, 3.05) is 18.6 Å². The van der Waals surface area contributed by atoms with E-state index in [1.807, 2.05) is 6.92 Å². The van der Waals surface area contributed by atoms with Gasteiger partial charge in [-0.3, -0.25) is 0 Å². The molecule has 1 aromatic rings. The molecule has 0 saturated carbocycles. The molecule has 0 aliphatic rings. The predicted octanol–water partition coefficient (Wildman–Crippen LogP) is 2.87. The Hall–Kier alpha value is -0.590. The summed E-state index contributed by atoms with van der Waals surface area (Å²) in [5.41, 5.74) is 5.60. The molecule has 0 radical (unpaired) electrons. The van der Waals surface area contributed by atoms with E-state index in [4.69, 9.17) is 15.0 Å². The second-order valence-corrected chi connectivity index (χ2v) is 5.46. The van der Waals surface area contributed by atoms with Crippen LogP contribution in [0.15, 0.2) is 4.52 Å². The molecule has 1 atom stereocenters. The second kappa shape index (κ2) is 7.87. The molecule has 110 valence electrons. The Morgan fingerprint density at radius 2 is 2.05 bits per heavy atom. The van der Waals surface area contributed by atoms with Crippen LogP contribution in [0.4, 0.5) is 0 Å². The van der Waals surface area contributed by atoms with E-state index in [0.29, 0.717) is 18.3 Å². The largest absolute Gasteiger partial charge is 0.367 e. The fraction of sp³-hybridized carbons (Fsp3) is 0.846. The number of nitrogens with zero attached hydrogens (tertiary/aromatic N) is 2. The first kappa shape index (κ1) is 16.5. The number of ether oxygens (including phenoxy) is 1. The van der Waals surface area contributed by atoms with Crippen molar-refractivity contribution in [3.8, 4) is 0 Å². The highest BCUT2D eigenvalue weighted by atomic mass is 32.2. The zero-order valence-corrected chi connectivity index (χ0v) is 13.1. The molecule has 19 heavy (non-hydrogen) atoms.